The zero-order valence-electron chi connectivity index (χ0n) is 13.9. The Labute approximate surface area is 170 Å². The van der Waals surface area contributed by atoms with Gasteiger partial charge in [-0.25, -0.2) is 18.6 Å². The van der Waals surface area contributed by atoms with Crippen LogP contribution in [0.3, 0.4) is 0 Å². The standard InChI is InChI=1S/C15H8BrClF8N2O2/c1-2-29-12(28)10-9(26-7-4-3-6(16)5-27(7)10)8(18)11(19)13(20,21)14(22,23)15(17,24)25/h3-5H,2H2,1H3/b11-8-. The van der Waals surface area contributed by atoms with Gasteiger partial charge >= 0.3 is 23.2 Å². The number of hydrogen-bond donors (Lipinski definition) is 0. The number of ether oxygens (including phenoxy) is 1. The third kappa shape index (κ3) is 3.93. The van der Waals surface area contributed by atoms with E-state index in [2.05, 4.69) is 37.3 Å². The molecule has 0 bridgehead atoms. The van der Waals surface area contributed by atoms with Gasteiger partial charge in [0.05, 0.1) is 6.61 Å². The molecule has 0 aliphatic heterocycles. The molecule has 2 heterocycles. The molecule has 0 saturated heterocycles. The van der Waals surface area contributed by atoms with Crippen LogP contribution in [0.15, 0.2) is 28.6 Å². The molecule has 0 amide bonds. The lowest BCUT2D eigenvalue weighted by Crippen LogP contribution is -2.51. The van der Waals surface area contributed by atoms with Gasteiger partial charge in [-0.3, -0.25) is 4.40 Å². The summed E-state index contributed by atoms with van der Waals surface area (Å²) in [7, 11) is 0. The van der Waals surface area contributed by atoms with Crippen LogP contribution in [0.25, 0.3) is 11.5 Å². The minimum Gasteiger partial charge on any atom is -0.461 e. The van der Waals surface area contributed by atoms with Crippen molar-refractivity contribution in [3.63, 3.8) is 0 Å². The molecule has 0 aliphatic carbocycles. The number of carbonyl (C=O) groups is 1. The number of rotatable bonds is 6. The zero-order chi connectivity index (χ0) is 22.4. The van der Waals surface area contributed by atoms with Gasteiger partial charge in [0, 0.05) is 10.7 Å². The number of imidazole rings is 1. The first-order valence-electron chi connectivity index (χ1n) is 7.40. The van der Waals surface area contributed by atoms with Crippen molar-refractivity contribution in [2.24, 2.45) is 0 Å². The molecule has 2 rings (SSSR count). The fourth-order valence-corrected chi connectivity index (χ4v) is 2.58. The van der Waals surface area contributed by atoms with Crippen LogP contribution in [0, 0.1) is 0 Å². The Morgan fingerprint density at radius 3 is 2.31 bits per heavy atom. The Bertz CT molecular complexity index is 987. The number of alkyl halides is 7. The first-order valence-corrected chi connectivity index (χ1v) is 8.57. The largest absolute Gasteiger partial charge is 0.461 e. The van der Waals surface area contributed by atoms with Gasteiger partial charge in [-0.2, -0.15) is 26.3 Å². The fourth-order valence-electron chi connectivity index (χ4n) is 2.12. The summed E-state index contributed by atoms with van der Waals surface area (Å²) in [6.07, 6.45) is 1.10. The van der Waals surface area contributed by atoms with Gasteiger partial charge in [-0.1, -0.05) is 0 Å². The molecule has 0 fully saturated rings. The average molecular weight is 516 g/mol. The first kappa shape index (κ1) is 23.4. The summed E-state index contributed by atoms with van der Waals surface area (Å²) in [6, 6.07) is 2.47. The van der Waals surface area contributed by atoms with E-state index in [0.29, 0.717) is 0 Å². The summed E-state index contributed by atoms with van der Waals surface area (Å²) in [5.74, 6) is -20.6. The third-order valence-electron chi connectivity index (χ3n) is 3.48. The SMILES string of the molecule is CCOC(=O)c1c(/C(F)=C(/F)C(F)(F)C(F)(F)C(F)(F)Cl)nc2ccc(Br)cn12. The number of aromatic nitrogens is 2. The van der Waals surface area contributed by atoms with E-state index in [4.69, 9.17) is 0 Å². The van der Waals surface area contributed by atoms with Crippen LogP contribution in [-0.4, -0.2) is 39.2 Å². The molecule has 0 atom stereocenters. The first-order chi connectivity index (χ1) is 13.2. The second-order valence-electron chi connectivity index (χ2n) is 5.38. The molecular weight excluding hydrogens is 508 g/mol. The predicted molar refractivity (Wildman–Crippen MR) is 88.7 cm³/mol. The Morgan fingerprint density at radius 1 is 1.21 bits per heavy atom. The van der Waals surface area contributed by atoms with Crippen LogP contribution in [-0.2, 0) is 4.74 Å². The lowest BCUT2D eigenvalue weighted by atomic mass is 10.1. The van der Waals surface area contributed by atoms with Crippen molar-refractivity contribution in [3.8, 4) is 0 Å². The fraction of sp³-hybridized carbons (Fsp3) is 0.333. The van der Waals surface area contributed by atoms with Gasteiger partial charge in [-0.05, 0) is 46.6 Å². The molecule has 0 N–H and O–H groups in total. The molecule has 0 aliphatic rings. The number of allylic oxidation sites excluding steroid dienone is 1. The van der Waals surface area contributed by atoms with Crippen LogP contribution in [0.5, 0.6) is 0 Å². The maximum atomic E-state index is 14.5. The summed E-state index contributed by atoms with van der Waals surface area (Å²) in [5.41, 5.74) is -2.67. The molecule has 0 aromatic carbocycles. The molecule has 2 aromatic rings. The average Bonchev–Trinajstić information content (AvgIpc) is 2.97. The maximum Gasteiger partial charge on any atom is 0.393 e. The van der Waals surface area contributed by atoms with Crippen molar-refractivity contribution < 1.29 is 44.7 Å². The predicted octanol–water partition coefficient (Wildman–Crippen LogP) is 5.98. The number of hydrogen-bond acceptors (Lipinski definition) is 3. The molecule has 160 valence electrons. The van der Waals surface area contributed by atoms with E-state index < -0.39 is 46.2 Å². The highest BCUT2D eigenvalue weighted by molar-refractivity contribution is 9.10. The second kappa shape index (κ2) is 7.74. The molecule has 4 nitrogen and oxygen atoms in total. The van der Waals surface area contributed by atoms with E-state index in [0.717, 1.165) is 16.7 Å². The minimum absolute atomic E-state index is 0.278. The quantitative estimate of drug-likeness (QED) is 0.270. The number of esters is 1. The Hall–Kier alpha value is -1.89. The Balaban J connectivity index is 2.78. The second-order valence-corrected chi connectivity index (χ2v) is 6.77. The van der Waals surface area contributed by atoms with Crippen molar-refractivity contribution in [2.75, 3.05) is 6.61 Å². The van der Waals surface area contributed by atoms with Crippen molar-refractivity contribution in [2.45, 2.75) is 24.2 Å². The third-order valence-corrected chi connectivity index (χ3v) is 4.18. The van der Waals surface area contributed by atoms with Gasteiger partial charge in [0.15, 0.2) is 11.5 Å². The monoisotopic (exact) mass is 514 g/mol. The van der Waals surface area contributed by atoms with Crippen LogP contribution < -0.4 is 0 Å². The van der Waals surface area contributed by atoms with Crippen LogP contribution in [0.4, 0.5) is 35.1 Å². The number of fused-ring (bicyclic) bond motifs is 1. The lowest BCUT2D eigenvalue weighted by Gasteiger charge is -2.28. The number of carbonyl (C=O) groups excluding carboxylic acids is 1. The molecule has 0 unspecified atom stereocenters. The number of nitrogens with zero attached hydrogens (tertiary/aromatic N) is 2. The van der Waals surface area contributed by atoms with Gasteiger partial charge in [0.1, 0.15) is 11.3 Å². The van der Waals surface area contributed by atoms with Crippen molar-refractivity contribution >= 4 is 45.0 Å². The van der Waals surface area contributed by atoms with E-state index in [1.165, 1.54) is 13.0 Å². The lowest BCUT2D eigenvalue weighted by molar-refractivity contribution is -0.269. The van der Waals surface area contributed by atoms with Crippen LogP contribution in [0.2, 0.25) is 0 Å². The molecule has 14 heteroatoms. The molecule has 29 heavy (non-hydrogen) atoms. The van der Waals surface area contributed by atoms with Crippen LogP contribution >= 0.6 is 27.5 Å². The topological polar surface area (TPSA) is 43.6 Å². The highest BCUT2D eigenvalue weighted by Crippen LogP contribution is 2.52. The molecule has 0 spiro atoms. The van der Waals surface area contributed by atoms with E-state index in [9.17, 15) is 39.9 Å². The summed E-state index contributed by atoms with van der Waals surface area (Å²) >= 11 is 6.95. The van der Waals surface area contributed by atoms with Crippen molar-refractivity contribution in [1.82, 2.24) is 9.38 Å². The maximum absolute atomic E-state index is 14.5. The molecular formula is C15H8BrClF8N2O2. The minimum atomic E-state index is -6.50. The van der Waals surface area contributed by atoms with E-state index in [-0.39, 0.29) is 16.7 Å². The molecule has 2 aromatic heterocycles. The van der Waals surface area contributed by atoms with Gasteiger partial charge in [0.25, 0.3) is 0 Å². The highest BCUT2D eigenvalue weighted by Gasteiger charge is 2.74. The summed E-state index contributed by atoms with van der Waals surface area (Å²) in [6.45, 7) is 1.06. The van der Waals surface area contributed by atoms with E-state index in [1.807, 2.05) is 0 Å². The van der Waals surface area contributed by atoms with E-state index >= 15 is 0 Å². The summed E-state index contributed by atoms with van der Waals surface area (Å²) < 4.78 is 113. The van der Waals surface area contributed by atoms with Crippen LogP contribution in [0.1, 0.15) is 23.1 Å². The zero-order valence-corrected chi connectivity index (χ0v) is 16.3. The molecule has 0 saturated carbocycles. The number of pyridine rings is 1. The van der Waals surface area contributed by atoms with E-state index in [1.54, 1.807) is 0 Å². The van der Waals surface area contributed by atoms with Gasteiger partial charge in [-0.15, -0.1) is 0 Å². The van der Waals surface area contributed by atoms with Crippen molar-refractivity contribution in [3.05, 3.63) is 40.0 Å². The highest BCUT2D eigenvalue weighted by atomic mass is 79.9. The van der Waals surface area contributed by atoms with Crippen molar-refractivity contribution in [1.29, 1.82) is 0 Å². The Morgan fingerprint density at radius 2 is 1.79 bits per heavy atom. The smallest absolute Gasteiger partial charge is 0.393 e. The normalized spacial score (nSPS) is 14.2. The Kier molecular flexibility index (Phi) is 6.25. The van der Waals surface area contributed by atoms with Gasteiger partial charge in [0.2, 0.25) is 5.83 Å². The summed E-state index contributed by atoms with van der Waals surface area (Å²) in [5, 5.41) is -5.91. The molecule has 0 radical (unpaired) electrons. The van der Waals surface area contributed by atoms with Gasteiger partial charge < -0.3 is 4.74 Å². The number of halogens is 10. The summed E-state index contributed by atoms with van der Waals surface area (Å²) in [4.78, 5) is 15.5.